The number of rotatable bonds is 3. The van der Waals surface area contributed by atoms with Gasteiger partial charge in [-0.3, -0.25) is 0 Å². The van der Waals surface area contributed by atoms with Gasteiger partial charge in [0.1, 0.15) is 35.2 Å². The maximum absolute atomic E-state index is 10.1. The van der Waals surface area contributed by atoms with Gasteiger partial charge in [0.2, 0.25) is 5.89 Å². The number of phenols is 1. The number of oxazole rings is 1. The molecule has 1 heterocycles. The zero-order valence-corrected chi connectivity index (χ0v) is 12.7. The standard InChI is InChI=1S/C18H9N5O2/c19-8-11(9-20)15(10-21)22-12-5-6-16(24)13(7-12)18-23-14-3-1-2-4-17(14)25-18/h1-7,22,24H. The zero-order valence-electron chi connectivity index (χ0n) is 12.7. The molecule has 7 nitrogen and oxygen atoms in total. The number of aromatic nitrogens is 1. The minimum Gasteiger partial charge on any atom is -0.507 e. The van der Waals surface area contributed by atoms with Crippen LogP contribution in [0.5, 0.6) is 5.75 Å². The highest BCUT2D eigenvalue weighted by Gasteiger charge is 2.14. The largest absolute Gasteiger partial charge is 0.507 e. The van der Waals surface area contributed by atoms with Gasteiger partial charge in [-0.25, -0.2) is 4.98 Å². The van der Waals surface area contributed by atoms with E-state index >= 15 is 0 Å². The van der Waals surface area contributed by atoms with E-state index in [2.05, 4.69) is 10.3 Å². The Kier molecular flexibility index (Phi) is 4.03. The van der Waals surface area contributed by atoms with E-state index < -0.39 is 0 Å². The summed E-state index contributed by atoms with van der Waals surface area (Å²) in [4.78, 5) is 4.32. The molecular weight excluding hydrogens is 318 g/mol. The minimum atomic E-state index is -0.334. The van der Waals surface area contributed by atoms with Crippen molar-refractivity contribution in [1.82, 2.24) is 4.98 Å². The first kappa shape index (κ1) is 15.6. The average Bonchev–Trinajstić information content (AvgIpc) is 3.07. The number of nitrogens with one attached hydrogen (secondary N) is 1. The fourth-order valence-corrected chi connectivity index (χ4v) is 2.20. The number of hydrogen-bond donors (Lipinski definition) is 2. The van der Waals surface area contributed by atoms with Crippen molar-refractivity contribution in [3.63, 3.8) is 0 Å². The summed E-state index contributed by atoms with van der Waals surface area (Å²) in [5.74, 6) is 0.158. The molecule has 0 aliphatic carbocycles. The Balaban J connectivity index is 2.05. The van der Waals surface area contributed by atoms with E-state index in [1.165, 1.54) is 18.2 Å². The smallest absolute Gasteiger partial charge is 0.231 e. The van der Waals surface area contributed by atoms with Gasteiger partial charge in [0, 0.05) is 5.69 Å². The van der Waals surface area contributed by atoms with Crippen molar-refractivity contribution in [1.29, 1.82) is 15.8 Å². The topological polar surface area (TPSA) is 130 Å². The molecule has 0 atom stereocenters. The van der Waals surface area contributed by atoms with Gasteiger partial charge in [-0.1, -0.05) is 12.1 Å². The third-order valence-corrected chi connectivity index (χ3v) is 3.38. The number of phenolic OH excluding ortho intramolecular Hbond substituents is 1. The molecule has 0 aliphatic rings. The van der Waals surface area contributed by atoms with Gasteiger partial charge in [-0.05, 0) is 30.3 Å². The molecule has 1 aromatic heterocycles. The van der Waals surface area contributed by atoms with Crippen LogP contribution in [0.15, 0.2) is 58.2 Å². The first-order valence-electron chi connectivity index (χ1n) is 7.07. The molecule has 118 valence electrons. The third-order valence-electron chi connectivity index (χ3n) is 3.38. The highest BCUT2D eigenvalue weighted by Crippen LogP contribution is 2.33. The van der Waals surface area contributed by atoms with E-state index in [0.29, 0.717) is 22.4 Å². The van der Waals surface area contributed by atoms with E-state index in [4.69, 9.17) is 20.2 Å². The van der Waals surface area contributed by atoms with Crippen molar-refractivity contribution in [2.75, 3.05) is 5.32 Å². The van der Waals surface area contributed by atoms with Gasteiger partial charge in [0.15, 0.2) is 11.2 Å². The molecule has 3 rings (SSSR count). The van der Waals surface area contributed by atoms with Crippen LogP contribution in [0.25, 0.3) is 22.6 Å². The molecule has 0 fully saturated rings. The van der Waals surface area contributed by atoms with Crippen LogP contribution in [0.2, 0.25) is 0 Å². The lowest BCUT2D eigenvalue weighted by Gasteiger charge is -2.07. The molecule has 0 unspecified atom stereocenters. The summed E-state index contributed by atoms with van der Waals surface area (Å²) in [6.07, 6.45) is 0. The molecule has 2 N–H and O–H groups in total. The Bertz CT molecular complexity index is 1070. The monoisotopic (exact) mass is 327 g/mol. The fourth-order valence-electron chi connectivity index (χ4n) is 2.20. The molecule has 0 saturated carbocycles. The third kappa shape index (κ3) is 2.96. The number of anilines is 1. The van der Waals surface area contributed by atoms with Crippen molar-refractivity contribution >= 4 is 16.8 Å². The number of fused-ring (bicyclic) bond motifs is 1. The fraction of sp³-hybridized carbons (Fsp3) is 0. The minimum absolute atomic E-state index is 0.0552. The van der Waals surface area contributed by atoms with Crippen LogP contribution >= 0.6 is 0 Å². The Morgan fingerprint density at radius 1 is 1.04 bits per heavy atom. The van der Waals surface area contributed by atoms with Crippen molar-refractivity contribution in [2.45, 2.75) is 0 Å². The van der Waals surface area contributed by atoms with Crippen molar-refractivity contribution in [3.8, 4) is 35.4 Å². The maximum Gasteiger partial charge on any atom is 0.231 e. The molecule has 0 saturated heterocycles. The normalized spacial score (nSPS) is 9.64. The lowest BCUT2D eigenvalue weighted by Crippen LogP contribution is -2.00. The van der Waals surface area contributed by atoms with E-state index in [1.807, 2.05) is 12.1 Å². The highest BCUT2D eigenvalue weighted by molar-refractivity contribution is 5.78. The van der Waals surface area contributed by atoms with E-state index in [-0.39, 0.29) is 22.9 Å². The quantitative estimate of drug-likeness (QED) is 0.556. The summed E-state index contributed by atoms with van der Waals surface area (Å²) in [7, 11) is 0. The molecule has 0 aliphatic heterocycles. The number of aromatic hydroxyl groups is 1. The van der Waals surface area contributed by atoms with Gasteiger partial charge in [0.05, 0.1) is 5.56 Å². The van der Waals surface area contributed by atoms with Gasteiger partial charge in [-0.15, -0.1) is 0 Å². The van der Waals surface area contributed by atoms with Gasteiger partial charge in [0.25, 0.3) is 0 Å². The molecule has 0 bridgehead atoms. The summed E-state index contributed by atoms with van der Waals surface area (Å²) in [5, 5.41) is 39.6. The summed E-state index contributed by atoms with van der Waals surface area (Å²) >= 11 is 0. The van der Waals surface area contributed by atoms with Crippen LogP contribution < -0.4 is 5.32 Å². The van der Waals surface area contributed by atoms with Crippen LogP contribution in [0.3, 0.4) is 0 Å². The first-order chi connectivity index (χ1) is 12.2. The number of para-hydroxylation sites is 2. The molecule has 0 amide bonds. The van der Waals surface area contributed by atoms with Crippen LogP contribution in [-0.4, -0.2) is 10.1 Å². The van der Waals surface area contributed by atoms with Crippen molar-refractivity contribution < 1.29 is 9.52 Å². The number of hydrogen-bond acceptors (Lipinski definition) is 7. The van der Waals surface area contributed by atoms with Crippen molar-refractivity contribution in [3.05, 3.63) is 53.7 Å². The molecule has 0 spiro atoms. The van der Waals surface area contributed by atoms with Crippen LogP contribution in [0.4, 0.5) is 5.69 Å². The molecule has 7 heteroatoms. The van der Waals surface area contributed by atoms with Crippen LogP contribution in [0.1, 0.15) is 0 Å². The molecule has 0 radical (unpaired) electrons. The summed E-state index contributed by atoms with van der Waals surface area (Å²) in [5.41, 5.74) is 1.41. The van der Waals surface area contributed by atoms with Gasteiger partial charge in [-0.2, -0.15) is 15.8 Å². The number of nitriles is 3. The predicted molar refractivity (Wildman–Crippen MR) is 88.6 cm³/mol. The summed E-state index contributed by atoms with van der Waals surface area (Å²) in [6.45, 7) is 0. The molecule has 2 aromatic carbocycles. The van der Waals surface area contributed by atoms with E-state index in [0.717, 1.165) is 0 Å². The van der Waals surface area contributed by atoms with Crippen molar-refractivity contribution in [2.24, 2.45) is 0 Å². The van der Waals surface area contributed by atoms with Gasteiger partial charge < -0.3 is 14.8 Å². The molecular formula is C18H9N5O2. The Hall–Kier alpha value is -4.28. The zero-order chi connectivity index (χ0) is 17.8. The Labute approximate surface area is 142 Å². The second kappa shape index (κ2) is 6.45. The molecule has 25 heavy (non-hydrogen) atoms. The van der Waals surface area contributed by atoms with Gasteiger partial charge >= 0.3 is 0 Å². The number of benzene rings is 2. The lowest BCUT2D eigenvalue weighted by molar-refractivity contribution is 0.474. The summed E-state index contributed by atoms with van der Waals surface area (Å²) in [6, 6.07) is 16.7. The second-order valence-electron chi connectivity index (χ2n) is 4.93. The first-order valence-corrected chi connectivity index (χ1v) is 7.07. The summed E-state index contributed by atoms with van der Waals surface area (Å²) < 4.78 is 5.63. The second-order valence-corrected chi connectivity index (χ2v) is 4.93. The predicted octanol–water partition coefficient (Wildman–Crippen LogP) is 3.44. The molecule has 3 aromatic rings. The average molecular weight is 327 g/mol. The van der Waals surface area contributed by atoms with Crippen LogP contribution in [0, 0.1) is 34.0 Å². The highest BCUT2D eigenvalue weighted by atomic mass is 16.3. The Morgan fingerprint density at radius 2 is 1.80 bits per heavy atom. The lowest BCUT2D eigenvalue weighted by atomic mass is 10.1. The van der Waals surface area contributed by atoms with Crippen LogP contribution in [-0.2, 0) is 0 Å². The SMILES string of the molecule is N#CC(C#N)=C(C#N)Nc1ccc(O)c(-c2nc3ccccc3o2)c1. The number of nitrogens with zero attached hydrogens (tertiary/aromatic N) is 4. The Morgan fingerprint density at radius 3 is 2.48 bits per heavy atom. The van der Waals surface area contributed by atoms with E-state index in [1.54, 1.807) is 30.3 Å². The van der Waals surface area contributed by atoms with E-state index in [9.17, 15) is 5.11 Å². The maximum atomic E-state index is 10.1. The number of allylic oxidation sites excluding steroid dienone is 2.